The van der Waals surface area contributed by atoms with Gasteiger partial charge in [0.1, 0.15) is 5.82 Å². The Bertz CT molecular complexity index is 337. The summed E-state index contributed by atoms with van der Waals surface area (Å²) < 4.78 is 13.4. The average molecular weight is 197 g/mol. The molecule has 0 spiro atoms. The summed E-state index contributed by atoms with van der Waals surface area (Å²) in [4.78, 5) is 1.77. The summed E-state index contributed by atoms with van der Waals surface area (Å²) in [6.07, 6.45) is -0.341. The molecule has 1 aromatic carbocycles. The Morgan fingerprint density at radius 1 is 1.43 bits per heavy atom. The summed E-state index contributed by atoms with van der Waals surface area (Å²) in [5.41, 5.74) is 1.06. The molecule has 0 bridgehead atoms. The quantitative estimate of drug-likeness (QED) is 0.725. The number of aliphatic hydroxyl groups excluding tert-OH is 2. The van der Waals surface area contributed by atoms with Crippen molar-refractivity contribution in [3.8, 4) is 0 Å². The highest BCUT2D eigenvalue weighted by Gasteiger charge is 2.26. The summed E-state index contributed by atoms with van der Waals surface area (Å²) in [5, 5.41) is 17.9. The Balaban J connectivity index is 2.18. The number of benzene rings is 1. The molecule has 76 valence electrons. The van der Waals surface area contributed by atoms with Crippen LogP contribution in [0.4, 0.5) is 10.1 Å². The van der Waals surface area contributed by atoms with Gasteiger partial charge in [-0.05, 0) is 17.7 Å². The van der Waals surface area contributed by atoms with Crippen LogP contribution in [0.3, 0.4) is 0 Å². The Labute approximate surface area is 81.4 Å². The molecule has 1 heterocycles. The first-order chi connectivity index (χ1) is 6.70. The van der Waals surface area contributed by atoms with Gasteiger partial charge in [-0.15, -0.1) is 0 Å². The zero-order chi connectivity index (χ0) is 10.1. The van der Waals surface area contributed by atoms with Crippen molar-refractivity contribution in [2.75, 3.05) is 18.0 Å². The average Bonchev–Trinajstić information content (AvgIpc) is 2.13. The molecule has 0 saturated carbocycles. The summed E-state index contributed by atoms with van der Waals surface area (Å²) >= 11 is 0. The number of β-amino-alcohol motifs (C(OH)–C–C–N with tert-alkyl or cyclic N) is 1. The fourth-order valence-corrected chi connectivity index (χ4v) is 1.56. The Morgan fingerprint density at radius 2 is 2.14 bits per heavy atom. The fraction of sp³-hybridized carbons (Fsp3) is 0.400. The van der Waals surface area contributed by atoms with Crippen LogP contribution < -0.4 is 4.90 Å². The van der Waals surface area contributed by atoms with Gasteiger partial charge < -0.3 is 15.1 Å². The zero-order valence-corrected chi connectivity index (χ0v) is 7.65. The Hall–Kier alpha value is -1.13. The number of hydrogen-bond donors (Lipinski definition) is 2. The van der Waals surface area contributed by atoms with E-state index in [4.69, 9.17) is 10.2 Å². The second-order valence-electron chi connectivity index (χ2n) is 3.50. The molecular weight excluding hydrogens is 185 g/mol. The van der Waals surface area contributed by atoms with Crippen molar-refractivity contribution >= 4 is 5.69 Å². The molecule has 0 amide bonds. The maximum absolute atomic E-state index is 13.4. The largest absolute Gasteiger partial charge is 0.392 e. The van der Waals surface area contributed by atoms with E-state index in [0.29, 0.717) is 24.3 Å². The minimum Gasteiger partial charge on any atom is -0.392 e. The lowest BCUT2D eigenvalue weighted by molar-refractivity contribution is 0.141. The predicted molar refractivity (Wildman–Crippen MR) is 50.5 cm³/mol. The second-order valence-corrected chi connectivity index (χ2v) is 3.50. The molecule has 14 heavy (non-hydrogen) atoms. The topological polar surface area (TPSA) is 43.7 Å². The standard InChI is InChI=1S/C10H12FNO2/c11-9-3-7(6-13)1-2-10(9)12-4-8(14)5-12/h1-3,8,13-14H,4-6H2. The molecule has 0 radical (unpaired) electrons. The van der Waals surface area contributed by atoms with Crippen molar-refractivity contribution in [1.82, 2.24) is 0 Å². The first-order valence-electron chi connectivity index (χ1n) is 4.53. The lowest BCUT2D eigenvalue weighted by Gasteiger charge is -2.38. The smallest absolute Gasteiger partial charge is 0.146 e. The molecular formula is C10H12FNO2. The molecule has 1 fully saturated rings. The van der Waals surface area contributed by atoms with Crippen molar-refractivity contribution < 1.29 is 14.6 Å². The molecule has 1 aromatic rings. The molecule has 1 saturated heterocycles. The molecule has 3 nitrogen and oxygen atoms in total. The van der Waals surface area contributed by atoms with Gasteiger partial charge in [0.25, 0.3) is 0 Å². The van der Waals surface area contributed by atoms with Gasteiger partial charge in [0.2, 0.25) is 0 Å². The molecule has 0 aliphatic carbocycles. The van der Waals surface area contributed by atoms with Crippen molar-refractivity contribution in [3.05, 3.63) is 29.6 Å². The van der Waals surface area contributed by atoms with E-state index in [-0.39, 0.29) is 18.5 Å². The van der Waals surface area contributed by atoms with E-state index in [9.17, 15) is 4.39 Å². The van der Waals surface area contributed by atoms with Crippen molar-refractivity contribution in [2.45, 2.75) is 12.7 Å². The van der Waals surface area contributed by atoms with E-state index in [1.165, 1.54) is 6.07 Å². The second kappa shape index (κ2) is 3.55. The summed E-state index contributed by atoms with van der Waals surface area (Å²) in [7, 11) is 0. The predicted octanol–water partition coefficient (Wildman–Crippen LogP) is 0.499. The van der Waals surface area contributed by atoms with E-state index in [1.54, 1.807) is 17.0 Å². The van der Waals surface area contributed by atoms with E-state index >= 15 is 0 Å². The molecule has 1 aliphatic heterocycles. The normalized spacial score (nSPS) is 16.9. The molecule has 0 aromatic heterocycles. The monoisotopic (exact) mass is 197 g/mol. The molecule has 0 atom stereocenters. The number of anilines is 1. The number of halogens is 1. The van der Waals surface area contributed by atoms with Gasteiger partial charge in [0.05, 0.1) is 18.4 Å². The van der Waals surface area contributed by atoms with Crippen LogP contribution in [0.15, 0.2) is 18.2 Å². The lowest BCUT2D eigenvalue weighted by atomic mass is 10.1. The van der Waals surface area contributed by atoms with Gasteiger partial charge in [-0.2, -0.15) is 0 Å². The SMILES string of the molecule is OCc1ccc(N2CC(O)C2)c(F)c1. The van der Waals surface area contributed by atoms with E-state index in [0.717, 1.165) is 0 Å². The highest BCUT2D eigenvalue weighted by Crippen LogP contribution is 2.24. The Morgan fingerprint density at radius 3 is 2.64 bits per heavy atom. The van der Waals surface area contributed by atoms with Crippen molar-refractivity contribution in [2.24, 2.45) is 0 Å². The van der Waals surface area contributed by atoms with Crippen LogP contribution in [0.25, 0.3) is 0 Å². The maximum atomic E-state index is 13.4. The fourth-order valence-electron chi connectivity index (χ4n) is 1.56. The van der Waals surface area contributed by atoms with Crippen LogP contribution in [-0.4, -0.2) is 29.4 Å². The van der Waals surface area contributed by atoms with Gasteiger partial charge in [-0.1, -0.05) is 6.07 Å². The molecule has 0 unspecified atom stereocenters. The third-order valence-electron chi connectivity index (χ3n) is 2.40. The minimum absolute atomic E-state index is 0.153. The van der Waals surface area contributed by atoms with E-state index in [2.05, 4.69) is 0 Å². The first kappa shape index (κ1) is 9.43. The van der Waals surface area contributed by atoms with Gasteiger partial charge in [-0.25, -0.2) is 4.39 Å². The van der Waals surface area contributed by atoms with Gasteiger partial charge in [0, 0.05) is 13.1 Å². The molecule has 2 rings (SSSR count). The van der Waals surface area contributed by atoms with Gasteiger partial charge >= 0.3 is 0 Å². The van der Waals surface area contributed by atoms with Gasteiger partial charge in [0.15, 0.2) is 0 Å². The third-order valence-corrected chi connectivity index (χ3v) is 2.40. The van der Waals surface area contributed by atoms with Crippen LogP contribution >= 0.6 is 0 Å². The number of nitrogens with zero attached hydrogens (tertiary/aromatic N) is 1. The highest BCUT2D eigenvalue weighted by molar-refractivity contribution is 5.51. The van der Waals surface area contributed by atoms with Crippen LogP contribution in [-0.2, 0) is 6.61 Å². The van der Waals surface area contributed by atoms with Crippen molar-refractivity contribution in [1.29, 1.82) is 0 Å². The van der Waals surface area contributed by atoms with Crippen molar-refractivity contribution in [3.63, 3.8) is 0 Å². The number of aliphatic hydroxyl groups is 2. The summed E-state index contributed by atoms with van der Waals surface area (Å²) in [5.74, 6) is -0.344. The minimum atomic E-state index is -0.344. The van der Waals surface area contributed by atoms with E-state index < -0.39 is 0 Å². The molecule has 1 aliphatic rings. The number of rotatable bonds is 2. The lowest BCUT2D eigenvalue weighted by Crippen LogP contribution is -2.51. The van der Waals surface area contributed by atoms with Gasteiger partial charge in [-0.3, -0.25) is 0 Å². The van der Waals surface area contributed by atoms with Crippen LogP contribution in [0.5, 0.6) is 0 Å². The van der Waals surface area contributed by atoms with Crippen LogP contribution in [0.2, 0.25) is 0 Å². The zero-order valence-electron chi connectivity index (χ0n) is 7.65. The third kappa shape index (κ3) is 1.58. The number of hydrogen-bond acceptors (Lipinski definition) is 3. The molecule has 2 N–H and O–H groups in total. The first-order valence-corrected chi connectivity index (χ1v) is 4.53. The highest BCUT2D eigenvalue weighted by atomic mass is 19.1. The van der Waals surface area contributed by atoms with E-state index in [1.807, 2.05) is 0 Å². The summed E-state index contributed by atoms with van der Waals surface area (Å²) in [6, 6.07) is 4.63. The van der Waals surface area contributed by atoms with Crippen LogP contribution in [0, 0.1) is 5.82 Å². The maximum Gasteiger partial charge on any atom is 0.146 e. The Kier molecular flexibility index (Phi) is 2.39. The molecule has 4 heteroatoms. The van der Waals surface area contributed by atoms with Crippen LogP contribution in [0.1, 0.15) is 5.56 Å². The summed E-state index contributed by atoms with van der Waals surface area (Å²) in [6.45, 7) is 0.810.